The van der Waals surface area contributed by atoms with Gasteiger partial charge in [-0.15, -0.1) is 0 Å². The molecule has 0 saturated carbocycles. The molecule has 0 aliphatic carbocycles. The van der Waals surface area contributed by atoms with Crippen molar-refractivity contribution >= 4 is 33.7 Å². The summed E-state index contributed by atoms with van der Waals surface area (Å²) in [5.74, 6) is 0. The molecule has 1 aliphatic rings. The highest BCUT2D eigenvalue weighted by Crippen LogP contribution is 2.20. The first kappa shape index (κ1) is 16.6. The van der Waals surface area contributed by atoms with Crippen LogP contribution in [0, 0.1) is 0 Å². The lowest BCUT2D eigenvalue weighted by molar-refractivity contribution is -0.914. The highest BCUT2D eigenvalue weighted by atomic mass is 35.5. The Kier molecular flexibility index (Phi) is 4.23. The van der Waals surface area contributed by atoms with Gasteiger partial charge in [-0.25, -0.2) is 4.52 Å². The van der Waals surface area contributed by atoms with Crippen LogP contribution in [0.5, 0.6) is 0 Å². The fraction of sp³-hybridized carbons (Fsp3) is 0.227. The number of pyridine rings is 1. The number of anilines is 1. The lowest BCUT2D eigenvalue weighted by atomic mass is 10.1. The third kappa shape index (κ3) is 3.15. The highest BCUT2D eigenvalue weighted by Gasteiger charge is 2.21. The number of hydrogen-bond donors (Lipinski definition) is 1. The van der Waals surface area contributed by atoms with Crippen molar-refractivity contribution in [3.8, 4) is 0 Å². The first-order chi connectivity index (χ1) is 13.3. The molecular weight excluding hydrogens is 356 g/mol. The quantitative estimate of drug-likeness (QED) is 0.593. The number of nitrogens with zero attached hydrogens (tertiary/aromatic N) is 3. The van der Waals surface area contributed by atoms with Gasteiger partial charge in [0.1, 0.15) is 6.54 Å². The van der Waals surface area contributed by atoms with Crippen LogP contribution in [-0.4, -0.2) is 35.8 Å². The fourth-order valence-electron chi connectivity index (χ4n) is 4.07. The van der Waals surface area contributed by atoms with E-state index in [0.717, 1.165) is 37.7 Å². The Balaban J connectivity index is 1.32. The Morgan fingerprint density at radius 1 is 0.889 bits per heavy atom. The highest BCUT2D eigenvalue weighted by molar-refractivity contribution is 6.30. The van der Waals surface area contributed by atoms with E-state index >= 15 is 0 Å². The lowest BCUT2D eigenvalue weighted by Crippen LogP contribution is -3.13. The molecule has 1 aliphatic heterocycles. The number of aromatic nitrogens is 2. The van der Waals surface area contributed by atoms with Crippen LogP contribution in [0.4, 0.5) is 5.69 Å². The van der Waals surface area contributed by atoms with E-state index in [2.05, 4.69) is 63.0 Å². The second-order valence-electron chi connectivity index (χ2n) is 7.25. The summed E-state index contributed by atoms with van der Waals surface area (Å²) in [7, 11) is 0. The van der Waals surface area contributed by atoms with Crippen molar-refractivity contribution in [2.45, 2.75) is 6.54 Å². The molecule has 0 radical (unpaired) electrons. The average molecular weight is 378 g/mol. The number of halogens is 1. The molecule has 2 aromatic heterocycles. The molecule has 2 aromatic carbocycles. The zero-order chi connectivity index (χ0) is 18.2. The Morgan fingerprint density at radius 2 is 1.67 bits per heavy atom. The van der Waals surface area contributed by atoms with Crippen LogP contribution in [-0.2, 0) is 6.54 Å². The van der Waals surface area contributed by atoms with Crippen molar-refractivity contribution in [2.75, 3.05) is 31.1 Å². The Labute approximate surface area is 163 Å². The Hall–Kier alpha value is -2.56. The van der Waals surface area contributed by atoms with E-state index in [1.165, 1.54) is 27.7 Å². The molecule has 4 aromatic rings. The minimum Gasteiger partial charge on any atom is -0.360 e. The molecular formula is C22H22ClN4+. The molecule has 0 spiro atoms. The van der Waals surface area contributed by atoms with Gasteiger partial charge in [0.2, 0.25) is 0 Å². The van der Waals surface area contributed by atoms with Crippen molar-refractivity contribution in [3.63, 3.8) is 0 Å². The zero-order valence-electron chi connectivity index (χ0n) is 15.1. The van der Waals surface area contributed by atoms with Crippen molar-refractivity contribution in [3.05, 3.63) is 77.4 Å². The maximum absolute atomic E-state index is 6.01. The van der Waals surface area contributed by atoms with Crippen LogP contribution in [0.3, 0.4) is 0 Å². The van der Waals surface area contributed by atoms with E-state index in [-0.39, 0.29) is 0 Å². The van der Waals surface area contributed by atoms with E-state index in [0.29, 0.717) is 0 Å². The van der Waals surface area contributed by atoms with Crippen LogP contribution in [0.1, 0.15) is 5.56 Å². The van der Waals surface area contributed by atoms with Gasteiger partial charge in [-0.2, -0.15) is 5.10 Å². The van der Waals surface area contributed by atoms with Gasteiger partial charge in [-0.3, -0.25) is 0 Å². The normalized spacial score (nSPS) is 15.7. The topological polar surface area (TPSA) is 25.0 Å². The standard InChI is InChI=1S/C22H21ClN4/c23-19-6-8-20(9-7-19)26-13-11-25(12-14-26)16-18-15-24-27-21-4-2-1-3-17(21)5-10-22(18)27/h1-10,15H,11-14,16H2/p+1. The van der Waals surface area contributed by atoms with E-state index in [9.17, 15) is 0 Å². The summed E-state index contributed by atoms with van der Waals surface area (Å²) in [6, 6.07) is 21.0. The van der Waals surface area contributed by atoms with Gasteiger partial charge in [-0.1, -0.05) is 35.9 Å². The van der Waals surface area contributed by atoms with Gasteiger partial charge in [0.25, 0.3) is 0 Å². The largest absolute Gasteiger partial charge is 0.360 e. The molecule has 136 valence electrons. The summed E-state index contributed by atoms with van der Waals surface area (Å²) in [4.78, 5) is 4.06. The minimum absolute atomic E-state index is 0.795. The fourth-order valence-corrected chi connectivity index (χ4v) is 4.19. The molecule has 0 atom stereocenters. The Morgan fingerprint density at radius 3 is 2.48 bits per heavy atom. The van der Waals surface area contributed by atoms with Gasteiger partial charge >= 0.3 is 0 Å². The van der Waals surface area contributed by atoms with E-state index < -0.39 is 0 Å². The third-order valence-corrected chi connectivity index (χ3v) is 5.83. The van der Waals surface area contributed by atoms with Crippen molar-refractivity contribution in [1.82, 2.24) is 9.61 Å². The van der Waals surface area contributed by atoms with E-state index in [1.54, 1.807) is 4.90 Å². The van der Waals surface area contributed by atoms with Gasteiger partial charge in [0.15, 0.2) is 0 Å². The molecule has 4 nitrogen and oxygen atoms in total. The van der Waals surface area contributed by atoms with Crippen LogP contribution >= 0.6 is 11.6 Å². The van der Waals surface area contributed by atoms with E-state index in [4.69, 9.17) is 11.6 Å². The average Bonchev–Trinajstić information content (AvgIpc) is 3.12. The molecule has 3 heterocycles. The predicted octanol–water partition coefficient (Wildman–Crippen LogP) is 3.05. The molecule has 1 N–H and O–H groups in total. The summed E-state index contributed by atoms with van der Waals surface area (Å²) in [6.07, 6.45) is 2.04. The molecule has 27 heavy (non-hydrogen) atoms. The van der Waals surface area contributed by atoms with Crippen molar-refractivity contribution in [2.24, 2.45) is 0 Å². The number of piperazine rings is 1. The molecule has 1 fully saturated rings. The number of nitrogens with one attached hydrogen (secondary N) is 1. The number of para-hydroxylation sites is 1. The van der Waals surface area contributed by atoms with Crippen molar-refractivity contribution < 1.29 is 4.90 Å². The monoisotopic (exact) mass is 377 g/mol. The zero-order valence-corrected chi connectivity index (χ0v) is 15.9. The van der Waals surface area contributed by atoms with Crippen LogP contribution in [0.15, 0.2) is 66.9 Å². The van der Waals surface area contributed by atoms with E-state index in [1.807, 2.05) is 18.3 Å². The van der Waals surface area contributed by atoms with Crippen molar-refractivity contribution in [1.29, 1.82) is 0 Å². The molecule has 1 saturated heterocycles. The molecule has 0 unspecified atom stereocenters. The van der Waals surface area contributed by atoms with Crippen LogP contribution < -0.4 is 9.80 Å². The minimum atomic E-state index is 0.795. The SMILES string of the molecule is Clc1ccc(N2CC[NH+](Cc3cnn4c3ccc3ccccc34)CC2)cc1. The molecule has 0 bridgehead atoms. The first-order valence-electron chi connectivity index (χ1n) is 9.46. The predicted molar refractivity (Wildman–Crippen MR) is 111 cm³/mol. The van der Waals surface area contributed by atoms with Gasteiger partial charge < -0.3 is 9.80 Å². The second-order valence-corrected chi connectivity index (χ2v) is 7.69. The molecule has 5 heteroatoms. The molecule has 0 amide bonds. The van der Waals surface area contributed by atoms with Crippen LogP contribution in [0.25, 0.3) is 16.4 Å². The summed E-state index contributed by atoms with van der Waals surface area (Å²) in [5, 5.41) is 6.68. The van der Waals surface area contributed by atoms with Gasteiger partial charge in [0, 0.05) is 16.1 Å². The number of fused-ring (bicyclic) bond motifs is 3. The third-order valence-electron chi connectivity index (χ3n) is 5.57. The number of rotatable bonds is 3. The second kappa shape index (κ2) is 6.87. The maximum Gasteiger partial charge on any atom is 0.107 e. The first-order valence-corrected chi connectivity index (χ1v) is 9.84. The maximum atomic E-state index is 6.01. The van der Waals surface area contributed by atoms with Gasteiger partial charge in [0.05, 0.1) is 49.0 Å². The summed E-state index contributed by atoms with van der Waals surface area (Å²) in [6.45, 7) is 5.43. The lowest BCUT2D eigenvalue weighted by Gasteiger charge is -2.33. The number of benzene rings is 2. The summed E-state index contributed by atoms with van der Waals surface area (Å²) < 4.78 is 2.08. The van der Waals surface area contributed by atoms with Gasteiger partial charge in [-0.05, 0) is 36.4 Å². The summed E-state index contributed by atoms with van der Waals surface area (Å²) >= 11 is 6.01. The molecule has 5 rings (SSSR count). The number of hydrogen-bond acceptors (Lipinski definition) is 2. The smallest absolute Gasteiger partial charge is 0.107 e. The van der Waals surface area contributed by atoms with Crippen LogP contribution in [0.2, 0.25) is 5.02 Å². The number of quaternary nitrogens is 1. The Bertz CT molecular complexity index is 1080. The summed E-state index contributed by atoms with van der Waals surface area (Å²) in [5.41, 5.74) is 4.99.